The molecule has 6 heteroatoms. The van der Waals surface area contributed by atoms with Gasteiger partial charge in [-0.1, -0.05) is 6.07 Å². The molecule has 2 aromatic rings. The van der Waals surface area contributed by atoms with Crippen LogP contribution in [0.3, 0.4) is 0 Å². The molecule has 1 atom stereocenters. The number of ether oxygens (including phenoxy) is 3. The largest absolute Gasteiger partial charge is 0.454 e. The van der Waals surface area contributed by atoms with Gasteiger partial charge in [0.25, 0.3) is 0 Å². The SMILES string of the molecule is CCOC[C@H]1CN(Cc2ccc3c(c2)OCO3)Cc2ncn(C)c21. The van der Waals surface area contributed by atoms with Crippen molar-refractivity contribution in [3.05, 3.63) is 41.5 Å². The first-order valence-electron chi connectivity index (χ1n) is 8.43. The monoisotopic (exact) mass is 329 g/mol. The van der Waals surface area contributed by atoms with Gasteiger partial charge in [-0.3, -0.25) is 4.90 Å². The first-order valence-corrected chi connectivity index (χ1v) is 8.43. The fourth-order valence-electron chi connectivity index (χ4n) is 3.62. The van der Waals surface area contributed by atoms with E-state index in [0.29, 0.717) is 12.7 Å². The molecule has 0 aliphatic carbocycles. The zero-order valence-electron chi connectivity index (χ0n) is 14.2. The lowest BCUT2D eigenvalue weighted by Gasteiger charge is -2.32. The van der Waals surface area contributed by atoms with Crippen LogP contribution in [0.15, 0.2) is 24.5 Å². The van der Waals surface area contributed by atoms with Gasteiger partial charge in [0, 0.05) is 44.9 Å². The van der Waals surface area contributed by atoms with Crippen molar-refractivity contribution in [2.75, 3.05) is 26.6 Å². The molecule has 3 heterocycles. The lowest BCUT2D eigenvalue weighted by Crippen LogP contribution is -2.36. The number of imidazole rings is 1. The molecule has 24 heavy (non-hydrogen) atoms. The van der Waals surface area contributed by atoms with Crippen molar-refractivity contribution < 1.29 is 14.2 Å². The maximum absolute atomic E-state index is 5.71. The van der Waals surface area contributed by atoms with E-state index in [4.69, 9.17) is 14.2 Å². The van der Waals surface area contributed by atoms with Crippen molar-refractivity contribution in [3.8, 4) is 11.5 Å². The van der Waals surface area contributed by atoms with Gasteiger partial charge in [0.2, 0.25) is 6.79 Å². The van der Waals surface area contributed by atoms with E-state index in [0.717, 1.165) is 50.0 Å². The second kappa shape index (κ2) is 6.45. The van der Waals surface area contributed by atoms with Crippen molar-refractivity contribution in [2.45, 2.75) is 25.9 Å². The van der Waals surface area contributed by atoms with E-state index >= 15 is 0 Å². The van der Waals surface area contributed by atoms with Crippen LogP contribution >= 0.6 is 0 Å². The van der Waals surface area contributed by atoms with Gasteiger partial charge in [-0.15, -0.1) is 0 Å². The summed E-state index contributed by atoms with van der Waals surface area (Å²) in [6, 6.07) is 6.18. The van der Waals surface area contributed by atoms with Crippen LogP contribution in [-0.4, -0.2) is 41.0 Å². The molecule has 128 valence electrons. The Kier molecular flexibility index (Phi) is 4.16. The Bertz CT molecular complexity index is 728. The van der Waals surface area contributed by atoms with Gasteiger partial charge >= 0.3 is 0 Å². The number of fused-ring (bicyclic) bond motifs is 2. The second-order valence-electron chi connectivity index (χ2n) is 6.40. The molecule has 0 fully saturated rings. The highest BCUT2D eigenvalue weighted by Gasteiger charge is 2.29. The Balaban J connectivity index is 1.52. The van der Waals surface area contributed by atoms with Gasteiger partial charge in [0.1, 0.15) is 0 Å². The normalized spacial score (nSPS) is 19.5. The molecular weight excluding hydrogens is 306 g/mol. The average Bonchev–Trinajstić information content (AvgIpc) is 3.19. The molecule has 0 bridgehead atoms. The summed E-state index contributed by atoms with van der Waals surface area (Å²) in [7, 11) is 2.07. The van der Waals surface area contributed by atoms with Crippen LogP contribution in [-0.2, 0) is 24.9 Å². The Morgan fingerprint density at radius 3 is 3.04 bits per heavy atom. The van der Waals surface area contributed by atoms with Crippen LogP contribution in [0.4, 0.5) is 0 Å². The predicted molar refractivity (Wildman–Crippen MR) is 89.1 cm³/mol. The summed E-state index contributed by atoms with van der Waals surface area (Å²) in [6.07, 6.45) is 1.91. The van der Waals surface area contributed by atoms with Crippen LogP contribution in [0.25, 0.3) is 0 Å². The summed E-state index contributed by atoms with van der Waals surface area (Å²) >= 11 is 0. The Morgan fingerprint density at radius 2 is 2.17 bits per heavy atom. The first kappa shape index (κ1) is 15.5. The third-order valence-electron chi connectivity index (χ3n) is 4.67. The van der Waals surface area contributed by atoms with Gasteiger partial charge in [-0.05, 0) is 24.6 Å². The molecule has 1 aromatic carbocycles. The third-order valence-corrected chi connectivity index (χ3v) is 4.67. The number of hydrogen-bond donors (Lipinski definition) is 0. The van der Waals surface area contributed by atoms with Crippen molar-refractivity contribution >= 4 is 0 Å². The highest BCUT2D eigenvalue weighted by molar-refractivity contribution is 5.44. The minimum absolute atomic E-state index is 0.316. The number of benzene rings is 1. The molecular formula is C18H23N3O3. The van der Waals surface area contributed by atoms with E-state index < -0.39 is 0 Å². The number of rotatable bonds is 5. The fraction of sp³-hybridized carbons (Fsp3) is 0.500. The summed E-state index contributed by atoms with van der Waals surface area (Å²) in [5.74, 6) is 2.03. The van der Waals surface area contributed by atoms with Gasteiger partial charge in [0.15, 0.2) is 11.5 Å². The van der Waals surface area contributed by atoms with Gasteiger partial charge in [-0.2, -0.15) is 0 Å². The predicted octanol–water partition coefficient (Wildman–Crippen LogP) is 2.28. The van der Waals surface area contributed by atoms with E-state index in [2.05, 4.69) is 33.6 Å². The standard InChI is InChI=1S/C18H23N3O3/c1-3-22-10-14-8-21(9-15-18(14)20(2)11-19-15)7-13-4-5-16-17(6-13)24-12-23-16/h4-6,11,14H,3,7-10,12H2,1-2H3/t14-/m1/s1. The molecule has 0 N–H and O–H groups in total. The molecule has 0 unspecified atom stereocenters. The van der Waals surface area contributed by atoms with Gasteiger partial charge in [0.05, 0.1) is 18.6 Å². The Labute approximate surface area is 142 Å². The maximum Gasteiger partial charge on any atom is 0.231 e. The van der Waals surface area contributed by atoms with Crippen molar-refractivity contribution in [3.63, 3.8) is 0 Å². The molecule has 0 amide bonds. The third kappa shape index (κ3) is 2.87. The lowest BCUT2D eigenvalue weighted by atomic mass is 9.98. The summed E-state index contributed by atoms with van der Waals surface area (Å²) in [5, 5.41) is 0. The molecule has 2 aliphatic heterocycles. The van der Waals surface area contributed by atoms with Crippen LogP contribution in [0, 0.1) is 0 Å². The highest BCUT2D eigenvalue weighted by atomic mass is 16.7. The highest BCUT2D eigenvalue weighted by Crippen LogP contribution is 2.34. The quantitative estimate of drug-likeness (QED) is 0.842. The maximum atomic E-state index is 5.71. The molecule has 6 nitrogen and oxygen atoms in total. The topological polar surface area (TPSA) is 48.8 Å². The molecule has 0 spiro atoms. The smallest absolute Gasteiger partial charge is 0.231 e. The van der Waals surface area contributed by atoms with Crippen LogP contribution in [0.1, 0.15) is 29.8 Å². The summed E-state index contributed by atoms with van der Waals surface area (Å²) < 4.78 is 18.7. The van der Waals surface area contributed by atoms with E-state index in [1.54, 1.807) is 0 Å². The van der Waals surface area contributed by atoms with Crippen molar-refractivity contribution in [1.82, 2.24) is 14.5 Å². The fourth-order valence-corrected chi connectivity index (χ4v) is 3.62. The Hall–Kier alpha value is -2.05. The zero-order valence-corrected chi connectivity index (χ0v) is 14.2. The summed E-state index contributed by atoms with van der Waals surface area (Å²) in [5.41, 5.74) is 3.70. The second-order valence-corrected chi connectivity index (χ2v) is 6.40. The van der Waals surface area contributed by atoms with Gasteiger partial charge in [-0.25, -0.2) is 4.98 Å². The molecule has 4 rings (SSSR count). The van der Waals surface area contributed by atoms with Crippen molar-refractivity contribution in [2.24, 2.45) is 7.05 Å². The number of aromatic nitrogens is 2. The molecule has 2 aliphatic rings. The first-order chi connectivity index (χ1) is 11.7. The average molecular weight is 329 g/mol. The van der Waals surface area contributed by atoms with Crippen molar-refractivity contribution in [1.29, 1.82) is 0 Å². The Morgan fingerprint density at radius 1 is 1.29 bits per heavy atom. The van der Waals surface area contributed by atoms with Crippen LogP contribution in [0.2, 0.25) is 0 Å². The van der Waals surface area contributed by atoms with E-state index in [-0.39, 0.29) is 0 Å². The minimum Gasteiger partial charge on any atom is -0.454 e. The van der Waals surface area contributed by atoms with Gasteiger partial charge < -0.3 is 18.8 Å². The van der Waals surface area contributed by atoms with E-state index in [1.165, 1.54) is 11.3 Å². The number of hydrogen-bond acceptors (Lipinski definition) is 5. The summed E-state index contributed by atoms with van der Waals surface area (Å²) in [6.45, 7) is 6.55. The molecule has 1 aromatic heterocycles. The number of nitrogens with zero attached hydrogens (tertiary/aromatic N) is 3. The molecule has 0 radical (unpaired) electrons. The van der Waals surface area contributed by atoms with Crippen LogP contribution < -0.4 is 9.47 Å². The minimum atomic E-state index is 0.316. The van der Waals surface area contributed by atoms with E-state index in [1.807, 2.05) is 19.3 Å². The summed E-state index contributed by atoms with van der Waals surface area (Å²) in [4.78, 5) is 7.01. The number of aryl methyl sites for hydroxylation is 1. The lowest BCUT2D eigenvalue weighted by molar-refractivity contribution is 0.102. The molecule has 0 saturated carbocycles. The van der Waals surface area contributed by atoms with E-state index in [9.17, 15) is 0 Å². The zero-order chi connectivity index (χ0) is 16.5. The molecule has 0 saturated heterocycles. The van der Waals surface area contributed by atoms with Crippen LogP contribution in [0.5, 0.6) is 11.5 Å².